The first-order valence-electron chi connectivity index (χ1n) is 9.48. The Balaban J connectivity index is 3.06. The number of unbranched alkanes of at least 4 members (excludes halogenated alkanes) is 13. The molecule has 0 aliphatic heterocycles. The van der Waals surface area contributed by atoms with Gasteiger partial charge in [0.05, 0.1) is 6.42 Å². The van der Waals surface area contributed by atoms with E-state index in [1.807, 2.05) is 0 Å². The largest absolute Gasteiger partial charge is 0.481 e. The molecule has 0 aromatic rings. The lowest BCUT2D eigenvalue weighted by atomic mass is 10.1. The molecular formula is C20H37O2. The highest BCUT2D eigenvalue weighted by molar-refractivity contribution is 5.76. The van der Waals surface area contributed by atoms with Crippen molar-refractivity contribution in [3.8, 4) is 0 Å². The zero-order valence-electron chi connectivity index (χ0n) is 14.7. The average molecular weight is 310 g/mol. The van der Waals surface area contributed by atoms with Crippen molar-refractivity contribution in [1.82, 2.24) is 0 Å². The minimum Gasteiger partial charge on any atom is -0.481 e. The minimum absolute atomic E-state index is 0.719. The number of carbonyl (C=O) groups is 1. The number of rotatable bonds is 17. The van der Waals surface area contributed by atoms with Crippen molar-refractivity contribution in [3.05, 3.63) is 18.6 Å². The normalized spacial score (nSPS) is 11.3. The highest BCUT2D eigenvalue weighted by Crippen LogP contribution is 2.10. The first-order chi connectivity index (χ1) is 10.8. The van der Waals surface area contributed by atoms with E-state index in [0.717, 1.165) is 19.3 Å². The van der Waals surface area contributed by atoms with E-state index in [2.05, 4.69) is 19.1 Å². The zero-order chi connectivity index (χ0) is 16.3. The summed E-state index contributed by atoms with van der Waals surface area (Å²) in [5.74, 6) is -0.784. The van der Waals surface area contributed by atoms with Crippen LogP contribution in [0.5, 0.6) is 0 Å². The van der Waals surface area contributed by atoms with Crippen molar-refractivity contribution in [3.63, 3.8) is 0 Å². The average Bonchev–Trinajstić information content (AvgIpc) is 2.50. The molecule has 0 fully saturated rings. The summed E-state index contributed by atoms with van der Waals surface area (Å²) in [4.78, 5) is 10.3. The van der Waals surface area contributed by atoms with Crippen molar-refractivity contribution >= 4 is 5.97 Å². The van der Waals surface area contributed by atoms with Crippen LogP contribution in [-0.4, -0.2) is 11.1 Å². The van der Waals surface area contributed by atoms with Crippen LogP contribution in [0.15, 0.2) is 12.2 Å². The molecule has 0 bridgehead atoms. The SMILES string of the molecule is CCCCCCCC/C=C\CCCCCCCC[CH]C(=O)O. The van der Waals surface area contributed by atoms with Gasteiger partial charge >= 0.3 is 5.97 Å². The third kappa shape index (κ3) is 19.2. The molecule has 2 heteroatoms. The molecule has 0 amide bonds. The van der Waals surface area contributed by atoms with Gasteiger partial charge in [0.1, 0.15) is 0 Å². The van der Waals surface area contributed by atoms with E-state index in [1.165, 1.54) is 83.5 Å². The second-order valence-corrected chi connectivity index (χ2v) is 6.27. The Labute approximate surface area is 138 Å². The number of allylic oxidation sites excluding steroid dienone is 2. The Morgan fingerprint density at radius 1 is 0.682 bits per heavy atom. The lowest BCUT2D eigenvalue weighted by Crippen LogP contribution is -1.94. The van der Waals surface area contributed by atoms with Crippen LogP contribution in [0, 0.1) is 6.42 Å². The molecule has 0 saturated heterocycles. The standard InChI is InChI=1S/C20H37O2/c1-2-3-4-5-6-7-8-9-10-11-12-13-14-15-16-17-18-19-20(21)22/h9-10,19H,2-8,11-18H2,1H3,(H,21,22)/b10-9-. The Morgan fingerprint density at radius 3 is 1.55 bits per heavy atom. The maximum Gasteiger partial charge on any atom is 0.307 e. The molecule has 0 heterocycles. The maximum atomic E-state index is 10.3. The molecule has 2 nitrogen and oxygen atoms in total. The summed E-state index contributed by atoms with van der Waals surface area (Å²) in [7, 11) is 0. The van der Waals surface area contributed by atoms with Crippen LogP contribution in [0.2, 0.25) is 0 Å². The van der Waals surface area contributed by atoms with Gasteiger partial charge in [0.25, 0.3) is 0 Å². The van der Waals surface area contributed by atoms with Gasteiger partial charge in [-0.15, -0.1) is 0 Å². The van der Waals surface area contributed by atoms with Crippen LogP contribution in [0.4, 0.5) is 0 Å². The molecule has 0 aromatic heterocycles. The van der Waals surface area contributed by atoms with E-state index in [9.17, 15) is 4.79 Å². The van der Waals surface area contributed by atoms with Crippen molar-refractivity contribution in [2.24, 2.45) is 0 Å². The third-order valence-corrected chi connectivity index (χ3v) is 4.03. The molecule has 0 saturated carbocycles. The van der Waals surface area contributed by atoms with Gasteiger partial charge in [0, 0.05) is 0 Å². The molecule has 0 spiro atoms. The van der Waals surface area contributed by atoms with Crippen LogP contribution >= 0.6 is 0 Å². The predicted molar refractivity (Wildman–Crippen MR) is 96.0 cm³/mol. The third-order valence-electron chi connectivity index (χ3n) is 4.03. The van der Waals surface area contributed by atoms with E-state index < -0.39 is 5.97 Å². The summed E-state index contributed by atoms with van der Waals surface area (Å²) in [6.07, 6.45) is 24.9. The van der Waals surface area contributed by atoms with Crippen LogP contribution in [0.3, 0.4) is 0 Å². The molecule has 129 valence electrons. The summed E-state index contributed by atoms with van der Waals surface area (Å²) in [5, 5.41) is 8.48. The monoisotopic (exact) mass is 309 g/mol. The van der Waals surface area contributed by atoms with Gasteiger partial charge in [-0.1, -0.05) is 83.3 Å². The maximum absolute atomic E-state index is 10.3. The fraction of sp³-hybridized carbons (Fsp3) is 0.800. The van der Waals surface area contributed by atoms with Crippen LogP contribution < -0.4 is 0 Å². The number of carboxylic acids is 1. The lowest BCUT2D eigenvalue weighted by molar-refractivity contribution is -0.133. The molecule has 0 aliphatic carbocycles. The lowest BCUT2D eigenvalue weighted by Gasteiger charge is -2.00. The minimum atomic E-state index is -0.784. The quantitative estimate of drug-likeness (QED) is 0.240. The first kappa shape index (κ1) is 21.2. The highest BCUT2D eigenvalue weighted by atomic mass is 16.4. The molecule has 1 N–H and O–H groups in total. The van der Waals surface area contributed by atoms with E-state index in [0.29, 0.717) is 0 Å². The first-order valence-corrected chi connectivity index (χ1v) is 9.48. The van der Waals surface area contributed by atoms with Gasteiger partial charge in [-0.3, -0.25) is 4.79 Å². The topological polar surface area (TPSA) is 37.3 Å². The van der Waals surface area contributed by atoms with Gasteiger partial charge in [-0.05, 0) is 32.1 Å². The fourth-order valence-corrected chi connectivity index (χ4v) is 2.62. The number of aliphatic carboxylic acids is 1. The molecule has 1 radical (unpaired) electrons. The summed E-state index contributed by atoms with van der Waals surface area (Å²) in [6.45, 7) is 2.26. The summed E-state index contributed by atoms with van der Waals surface area (Å²) in [5.41, 5.74) is 0. The Bertz CT molecular complexity index is 258. The second-order valence-electron chi connectivity index (χ2n) is 6.27. The van der Waals surface area contributed by atoms with Crippen LogP contribution in [0.1, 0.15) is 103 Å². The Hall–Kier alpha value is -0.790. The van der Waals surface area contributed by atoms with E-state index in [4.69, 9.17) is 5.11 Å². The predicted octanol–water partition coefficient (Wildman–Crippen LogP) is 6.70. The van der Waals surface area contributed by atoms with Crippen LogP contribution in [0.25, 0.3) is 0 Å². The van der Waals surface area contributed by atoms with Crippen molar-refractivity contribution in [2.45, 2.75) is 103 Å². The number of carboxylic acid groups (broad SMARTS) is 1. The van der Waals surface area contributed by atoms with Gasteiger partial charge in [-0.25, -0.2) is 0 Å². The molecule has 22 heavy (non-hydrogen) atoms. The summed E-state index contributed by atoms with van der Waals surface area (Å²) in [6, 6.07) is 0. The van der Waals surface area contributed by atoms with E-state index in [-0.39, 0.29) is 0 Å². The van der Waals surface area contributed by atoms with E-state index in [1.54, 1.807) is 0 Å². The fourth-order valence-electron chi connectivity index (χ4n) is 2.62. The summed E-state index contributed by atoms with van der Waals surface area (Å²) >= 11 is 0. The molecule has 0 aliphatic rings. The second kappa shape index (κ2) is 18.3. The van der Waals surface area contributed by atoms with Gasteiger partial charge in [-0.2, -0.15) is 0 Å². The zero-order valence-corrected chi connectivity index (χ0v) is 14.7. The van der Waals surface area contributed by atoms with Crippen molar-refractivity contribution < 1.29 is 9.90 Å². The smallest absolute Gasteiger partial charge is 0.307 e. The van der Waals surface area contributed by atoms with E-state index >= 15 is 0 Å². The Morgan fingerprint density at radius 2 is 1.09 bits per heavy atom. The molecule has 0 rings (SSSR count). The van der Waals surface area contributed by atoms with Crippen LogP contribution in [-0.2, 0) is 4.79 Å². The van der Waals surface area contributed by atoms with Crippen molar-refractivity contribution in [2.75, 3.05) is 0 Å². The molecule has 0 aromatic carbocycles. The number of hydrogen-bond acceptors (Lipinski definition) is 1. The highest BCUT2D eigenvalue weighted by Gasteiger charge is 1.96. The Kier molecular flexibility index (Phi) is 17.6. The summed E-state index contributed by atoms with van der Waals surface area (Å²) < 4.78 is 0. The van der Waals surface area contributed by atoms with Gasteiger partial charge in [0.15, 0.2) is 0 Å². The molecule has 0 unspecified atom stereocenters. The van der Waals surface area contributed by atoms with Crippen molar-refractivity contribution in [1.29, 1.82) is 0 Å². The van der Waals surface area contributed by atoms with Gasteiger partial charge in [0.2, 0.25) is 0 Å². The number of hydrogen-bond donors (Lipinski definition) is 1. The molecule has 0 atom stereocenters. The van der Waals surface area contributed by atoms with Gasteiger partial charge < -0.3 is 5.11 Å². The molecular weight excluding hydrogens is 272 g/mol.